The first-order valence-electron chi connectivity index (χ1n) is 10.7. The molecule has 0 unspecified atom stereocenters. The van der Waals surface area contributed by atoms with E-state index in [1.54, 1.807) is 0 Å². The average molecular weight is 390 g/mol. The molecule has 0 spiro atoms. The number of benzene rings is 2. The lowest BCUT2D eigenvalue weighted by atomic mass is 10.0. The summed E-state index contributed by atoms with van der Waals surface area (Å²) < 4.78 is 0. The number of pyridine rings is 1. The number of rotatable bonds is 6. The number of nitrogens with zero attached hydrogens (tertiary/aromatic N) is 2. The van der Waals surface area contributed by atoms with Crippen molar-refractivity contribution in [3.05, 3.63) is 71.3 Å². The van der Waals surface area contributed by atoms with Gasteiger partial charge in [0.15, 0.2) is 0 Å². The van der Waals surface area contributed by atoms with Crippen LogP contribution in [0.2, 0.25) is 0 Å². The van der Waals surface area contributed by atoms with Crippen molar-refractivity contribution in [1.29, 1.82) is 0 Å². The van der Waals surface area contributed by atoms with Crippen LogP contribution in [-0.4, -0.2) is 35.8 Å². The maximum atomic E-state index is 9.90. The fourth-order valence-corrected chi connectivity index (χ4v) is 4.12. The molecule has 1 aliphatic rings. The van der Waals surface area contributed by atoms with Crippen molar-refractivity contribution < 1.29 is 5.11 Å². The monoisotopic (exact) mass is 389 g/mol. The summed E-state index contributed by atoms with van der Waals surface area (Å²) in [6, 6.07) is 19.4. The lowest BCUT2D eigenvalue weighted by molar-refractivity contribution is 0.145. The van der Waals surface area contributed by atoms with E-state index in [1.165, 1.54) is 22.1 Å². The molecule has 4 heteroatoms. The number of hydrogen-bond donors (Lipinski definition) is 2. The van der Waals surface area contributed by atoms with Gasteiger partial charge in [-0.2, -0.15) is 0 Å². The summed E-state index contributed by atoms with van der Waals surface area (Å²) in [6.45, 7) is 7.81. The second kappa shape index (κ2) is 8.93. The molecule has 1 aliphatic heterocycles. The number of aliphatic hydroxyl groups excluding tert-OH is 1. The number of nitrogens with one attached hydrogen (secondary N) is 1. The van der Waals surface area contributed by atoms with Crippen molar-refractivity contribution in [3.63, 3.8) is 0 Å². The summed E-state index contributed by atoms with van der Waals surface area (Å²) in [7, 11) is 0. The zero-order chi connectivity index (χ0) is 20.2. The van der Waals surface area contributed by atoms with E-state index in [2.05, 4.69) is 78.7 Å². The van der Waals surface area contributed by atoms with E-state index in [0.29, 0.717) is 5.92 Å². The van der Waals surface area contributed by atoms with Crippen molar-refractivity contribution >= 4 is 16.7 Å². The topological polar surface area (TPSA) is 48.4 Å². The van der Waals surface area contributed by atoms with Crippen LogP contribution in [-0.2, 0) is 6.54 Å². The Morgan fingerprint density at radius 1 is 1.10 bits per heavy atom. The highest BCUT2D eigenvalue weighted by Gasteiger charge is 2.21. The second-order valence-corrected chi connectivity index (χ2v) is 8.33. The van der Waals surface area contributed by atoms with Crippen LogP contribution >= 0.6 is 0 Å². The van der Waals surface area contributed by atoms with Crippen molar-refractivity contribution in [2.75, 3.05) is 24.5 Å². The number of aliphatic hydroxyl groups is 1. The lowest BCUT2D eigenvalue weighted by Crippen LogP contribution is -2.37. The van der Waals surface area contributed by atoms with Crippen molar-refractivity contribution in [3.8, 4) is 0 Å². The number of aromatic nitrogens is 1. The highest BCUT2D eigenvalue weighted by atomic mass is 16.3. The van der Waals surface area contributed by atoms with Gasteiger partial charge >= 0.3 is 0 Å². The molecule has 2 heterocycles. The Balaban J connectivity index is 1.54. The Morgan fingerprint density at radius 3 is 2.62 bits per heavy atom. The summed E-state index contributed by atoms with van der Waals surface area (Å²) >= 11 is 0. The molecule has 2 N–H and O–H groups in total. The molecule has 29 heavy (non-hydrogen) atoms. The average Bonchev–Trinajstić information content (AvgIpc) is 2.74. The maximum absolute atomic E-state index is 9.90. The predicted molar refractivity (Wildman–Crippen MR) is 120 cm³/mol. The van der Waals surface area contributed by atoms with Crippen LogP contribution in [0.4, 0.5) is 5.82 Å². The van der Waals surface area contributed by atoms with Crippen LogP contribution in [0.1, 0.15) is 42.4 Å². The number of anilines is 1. The molecule has 0 saturated carbocycles. The molecule has 1 saturated heterocycles. The van der Waals surface area contributed by atoms with Gasteiger partial charge in [-0.15, -0.1) is 0 Å². The standard InChI is InChI=1S/C25H31N3O/c1-18-8-9-21-15-22(17-26-16-19(2)20-6-4-3-5-7-20)25(27-24(21)14-18)28-12-10-23(29)11-13-28/h3-9,14-15,19,23,26,29H,10-13,16-17H2,1-2H3/t19-/m1/s1. The SMILES string of the molecule is Cc1ccc2cc(CNC[C@@H](C)c3ccccc3)c(N3CCC(O)CC3)nc2c1. The molecule has 4 nitrogen and oxygen atoms in total. The Kier molecular flexibility index (Phi) is 6.12. The Labute approximate surface area is 173 Å². The Bertz CT molecular complexity index is 949. The minimum atomic E-state index is -0.178. The Morgan fingerprint density at radius 2 is 1.86 bits per heavy atom. The molecule has 152 valence electrons. The zero-order valence-electron chi connectivity index (χ0n) is 17.4. The van der Waals surface area contributed by atoms with Gasteiger partial charge in [-0.3, -0.25) is 0 Å². The number of fused-ring (bicyclic) bond motifs is 1. The van der Waals surface area contributed by atoms with Crippen molar-refractivity contribution in [2.45, 2.75) is 45.3 Å². The molecule has 1 aromatic heterocycles. The summed E-state index contributed by atoms with van der Waals surface area (Å²) in [4.78, 5) is 7.38. The third-order valence-corrected chi connectivity index (χ3v) is 5.93. The molecule has 0 radical (unpaired) electrons. The van der Waals surface area contributed by atoms with Gasteiger partial charge in [-0.05, 0) is 48.9 Å². The van der Waals surface area contributed by atoms with Crippen LogP contribution < -0.4 is 10.2 Å². The molecule has 0 amide bonds. The van der Waals surface area contributed by atoms with E-state index in [4.69, 9.17) is 4.98 Å². The van der Waals surface area contributed by atoms with Gasteiger partial charge < -0.3 is 15.3 Å². The first-order valence-corrected chi connectivity index (χ1v) is 10.7. The van der Waals surface area contributed by atoms with E-state index >= 15 is 0 Å². The summed E-state index contributed by atoms with van der Waals surface area (Å²) in [5.41, 5.74) is 4.87. The summed E-state index contributed by atoms with van der Waals surface area (Å²) in [6.07, 6.45) is 1.44. The normalized spacial score (nSPS) is 16.3. The molecule has 4 rings (SSSR count). The smallest absolute Gasteiger partial charge is 0.133 e. The molecule has 2 aromatic carbocycles. The van der Waals surface area contributed by atoms with Crippen LogP contribution in [0.3, 0.4) is 0 Å². The van der Waals surface area contributed by atoms with E-state index in [-0.39, 0.29) is 6.10 Å². The molecule has 1 atom stereocenters. The number of piperidine rings is 1. The zero-order valence-corrected chi connectivity index (χ0v) is 17.4. The van der Waals surface area contributed by atoms with Crippen LogP contribution in [0.5, 0.6) is 0 Å². The minimum Gasteiger partial charge on any atom is -0.393 e. The van der Waals surface area contributed by atoms with Gasteiger partial charge in [0.1, 0.15) is 5.82 Å². The van der Waals surface area contributed by atoms with E-state index in [1.807, 2.05) is 0 Å². The molecule has 3 aromatic rings. The second-order valence-electron chi connectivity index (χ2n) is 8.33. The molecular formula is C25H31N3O. The van der Waals surface area contributed by atoms with Crippen LogP contribution in [0, 0.1) is 6.92 Å². The van der Waals surface area contributed by atoms with Gasteiger partial charge in [0.25, 0.3) is 0 Å². The molecule has 1 fully saturated rings. The maximum Gasteiger partial charge on any atom is 0.133 e. The predicted octanol–water partition coefficient (Wildman–Crippen LogP) is 4.40. The first kappa shape index (κ1) is 19.9. The van der Waals surface area contributed by atoms with E-state index in [0.717, 1.165) is 50.4 Å². The molecule has 0 bridgehead atoms. The Hall–Kier alpha value is -2.43. The fraction of sp³-hybridized carbons (Fsp3) is 0.400. The van der Waals surface area contributed by atoms with Gasteiger partial charge in [-0.1, -0.05) is 49.4 Å². The van der Waals surface area contributed by atoms with Gasteiger partial charge in [-0.25, -0.2) is 4.98 Å². The highest BCUT2D eigenvalue weighted by Crippen LogP contribution is 2.27. The minimum absolute atomic E-state index is 0.178. The van der Waals surface area contributed by atoms with Crippen LogP contribution in [0.25, 0.3) is 10.9 Å². The summed E-state index contributed by atoms with van der Waals surface area (Å²) in [5, 5.41) is 14.7. The molecular weight excluding hydrogens is 358 g/mol. The highest BCUT2D eigenvalue weighted by molar-refractivity contribution is 5.82. The quantitative estimate of drug-likeness (QED) is 0.656. The van der Waals surface area contributed by atoms with Gasteiger partial charge in [0.2, 0.25) is 0 Å². The number of aryl methyl sites for hydroxylation is 1. The summed E-state index contributed by atoms with van der Waals surface area (Å²) in [5.74, 6) is 1.52. The fourth-order valence-electron chi connectivity index (χ4n) is 4.12. The van der Waals surface area contributed by atoms with Crippen molar-refractivity contribution in [2.24, 2.45) is 0 Å². The third kappa shape index (κ3) is 4.77. The third-order valence-electron chi connectivity index (χ3n) is 5.93. The largest absolute Gasteiger partial charge is 0.393 e. The van der Waals surface area contributed by atoms with Crippen LogP contribution in [0.15, 0.2) is 54.6 Å². The van der Waals surface area contributed by atoms with Gasteiger partial charge in [0, 0.05) is 37.1 Å². The number of hydrogen-bond acceptors (Lipinski definition) is 4. The molecule has 0 aliphatic carbocycles. The lowest BCUT2D eigenvalue weighted by Gasteiger charge is -2.32. The first-order chi connectivity index (χ1) is 14.1. The van der Waals surface area contributed by atoms with Gasteiger partial charge in [0.05, 0.1) is 11.6 Å². The van der Waals surface area contributed by atoms with Crippen molar-refractivity contribution in [1.82, 2.24) is 10.3 Å². The van der Waals surface area contributed by atoms with E-state index < -0.39 is 0 Å². The van der Waals surface area contributed by atoms with E-state index in [9.17, 15) is 5.11 Å².